The van der Waals surface area contributed by atoms with Gasteiger partial charge in [-0.15, -0.1) is 0 Å². The molecule has 1 aliphatic heterocycles. The molecule has 1 amide bonds. The molecule has 7 heteroatoms. The Labute approximate surface area is 152 Å². The molecule has 138 valence electrons. The Balaban J connectivity index is 1.85. The molecule has 1 aliphatic rings. The number of aryl methyl sites for hydroxylation is 1. The van der Waals surface area contributed by atoms with E-state index < -0.39 is 23.5 Å². The van der Waals surface area contributed by atoms with Gasteiger partial charge in [-0.2, -0.15) is 0 Å². The van der Waals surface area contributed by atoms with Crippen LogP contribution in [0.1, 0.15) is 37.8 Å². The third-order valence-corrected chi connectivity index (χ3v) is 4.92. The van der Waals surface area contributed by atoms with Crippen molar-refractivity contribution in [3.8, 4) is 0 Å². The van der Waals surface area contributed by atoms with Crippen LogP contribution in [0.2, 0.25) is 0 Å². The molecule has 3 atom stereocenters. The number of aliphatic carboxylic acids is 1. The van der Waals surface area contributed by atoms with Gasteiger partial charge in [-0.3, -0.25) is 4.79 Å². The fourth-order valence-corrected chi connectivity index (χ4v) is 3.32. The summed E-state index contributed by atoms with van der Waals surface area (Å²) in [6.45, 7) is 4.65. The van der Waals surface area contributed by atoms with Crippen molar-refractivity contribution in [3.63, 3.8) is 0 Å². The molecule has 1 unspecified atom stereocenters. The van der Waals surface area contributed by atoms with E-state index in [2.05, 4.69) is 10.3 Å². The number of rotatable bonds is 6. The molecular formula is C19H23N3O4. The smallest absolute Gasteiger partial charge is 0.333 e. The number of nitrogens with zero attached hydrogens (tertiary/aromatic N) is 2. The minimum atomic E-state index is -1.51. The summed E-state index contributed by atoms with van der Waals surface area (Å²) >= 11 is 0. The van der Waals surface area contributed by atoms with E-state index >= 15 is 0 Å². The SMILES string of the molecule is CCn1ccnc1[C@@H]1OCC[C@H]1C(=O)NC(C)(C(=O)O)c1ccccc1. The summed E-state index contributed by atoms with van der Waals surface area (Å²) < 4.78 is 7.70. The Morgan fingerprint density at radius 2 is 2.12 bits per heavy atom. The maximum Gasteiger partial charge on any atom is 0.333 e. The van der Waals surface area contributed by atoms with Crippen molar-refractivity contribution in [2.45, 2.75) is 38.5 Å². The summed E-state index contributed by atoms with van der Waals surface area (Å²) in [5.74, 6) is -1.23. The van der Waals surface area contributed by atoms with Gasteiger partial charge in [0.2, 0.25) is 5.91 Å². The van der Waals surface area contributed by atoms with E-state index in [-0.39, 0.29) is 5.91 Å². The van der Waals surface area contributed by atoms with Gasteiger partial charge >= 0.3 is 5.97 Å². The minimum Gasteiger partial charge on any atom is -0.479 e. The zero-order chi connectivity index (χ0) is 18.7. The Morgan fingerprint density at radius 3 is 2.77 bits per heavy atom. The van der Waals surface area contributed by atoms with Crippen molar-refractivity contribution in [2.75, 3.05) is 6.61 Å². The molecule has 0 bridgehead atoms. The van der Waals surface area contributed by atoms with E-state index in [1.807, 2.05) is 17.7 Å². The molecular weight excluding hydrogens is 334 g/mol. The van der Waals surface area contributed by atoms with Crippen LogP contribution < -0.4 is 5.32 Å². The van der Waals surface area contributed by atoms with Crippen LogP contribution >= 0.6 is 0 Å². The Hall–Kier alpha value is -2.67. The number of carbonyl (C=O) groups excluding carboxylic acids is 1. The van der Waals surface area contributed by atoms with Crippen molar-refractivity contribution < 1.29 is 19.4 Å². The average molecular weight is 357 g/mol. The number of carbonyl (C=O) groups is 2. The van der Waals surface area contributed by atoms with Crippen molar-refractivity contribution in [1.29, 1.82) is 0 Å². The predicted octanol–water partition coefficient (Wildman–Crippen LogP) is 2.10. The molecule has 2 aromatic rings. The lowest BCUT2D eigenvalue weighted by Gasteiger charge is -2.29. The number of ether oxygens (including phenoxy) is 1. The van der Waals surface area contributed by atoms with E-state index in [1.165, 1.54) is 6.92 Å². The lowest BCUT2D eigenvalue weighted by atomic mass is 9.90. The van der Waals surface area contributed by atoms with Gasteiger partial charge in [0, 0.05) is 25.5 Å². The summed E-state index contributed by atoms with van der Waals surface area (Å²) in [4.78, 5) is 29.2. The van der Waals surface area contributed by atoms with E-state index in [0.717, 1.165) is 6.54 Å². The molecule has 0 spiro atoms. The maximum atomic E-state index is 13.0. The molecule has 26 heavy (non-hydrogen) atoms. The topological polar surface area (TPSA) is 93.5 Å². The third-order valence-electron chi connectivity index (χ3n) is 4.92. The van der Waals surface area contributed by atoms with Crippen molar-refractivity contribution in [3.05, 3.63) is 54.1 Å². The van der Waals surface area contributed by atoms with Gasteiger partial charge in [-0.1, -0.05) is 30.3 Å². The van der Waals surface area contributed by atoms with Gasteiger partial charge in [0.1, 0.15) is 11.9 Å². The second-order valence-electron chi connectivity index (χ2n) is 6.54. The van der Waals surface area contributed by atoms with Crippen LogP contribution in [-0.4, -0.2) is 33.1 Å². The quantitative estimate of drug-likeness (QED) is 0.826. The number of hydrogen-bond donors (Lipinski definition) is 2. The van der Waals surface area contributed by atoms with Gasteiger partial charge in [0.25, 0.3) is 0 Å². The van der Waals surface area contributed by atoms with Crippen LogP contribution in [0, 0.1) is 5.92 Å². The normalized spacial score (nSPS) is 21.9. The van der Waals surface area contributed by atoms with E-state index in [9.17, 15) is 14.7 Å². The standard InChI is InChI=1S/C19H23N3O4/c1-3-22-11-10-20-16(22)15-14(9-12-26-15)17(23)21-19(2,18(24)25)13-7-5-4-6-8-13/h4-8,10-11,14-15H,3,9,12H2,1-2H3,(H,21,23)(H,24,25)/t14-,15-,19?/m1/s1. The van der Waals surface area contributed by atoms with E-state index in [0.29, 0.717) is 24.4 Å². The molecule has 0 aliphatic carbocycles. The highest BCUT2D eigenvalue weighted by Gasteiger charge is 2.43. The first-order chi connectivity index (χ1) is 12.5. The Bertz CT molecular complexity index is 789. The number of amides is 1. The number of nitrogens with one attached hydrogen (secondary N) is 1. The summed E-state index contributed by atoms with van der Waals surface area (Å²) in [5, 5.41) is 12.5. The third kappa shape index (κ3) is 3.22. The van der Waals surface area contributed by atoms with Crippen LogP contribution in [0.4, 0.5) is 0 Å². The molecule has 1 aromatic heterocycles. The van der Waals surface area contributed by atoms with Gasteiger partial charge in [-0.25, -0.2) is 9.78 Å². The first-order valence-corrected chi connectivity index (χ1v) is 8.71. The molecule has 2 N–H and O–H groups in total. The Morgan fingerprint density at radius 1 is 1.38 bits per heavy atom. The monoisotopic (exact) mass is 357 g/mol. The van der Waals surface area contributed by atoms with Crippen molar-refractivity contribution in [1.82, 2.24) is 14.9 Å². The molecule has 1 aromatic carbocycles. The van der Waals surface area contributed by atoms with Crippen LogP contribution in [0.25, 0.3) is 0 Å². The second kappa shape index (κ2) is 7.29. The molecule has 0 radical (unpaired) electrons. The number of carboxylic acids is 1. The van der Waals surface area contributed by atoms with Gasteiger partial charge in [0.05, 0.1) is 5.92 Å². The molecule has 2 heterocycles. The van der Waals surface area contributed by atoms with Gasteiger partial charge < -0.3 is 19.7 Å². The number of imidazole rings is 1. The lowest BCUT2D eigenvalue weighted by Crippen LogP contribution is -2.51. The Kier molecular flexibility index (Phi) is 5.08. The molecule has 1 fully saturated rings. The molecule has 0 saturated carbocycles. The minimum absolute atomic E-state index is 0.341. The molecule has 7 nitrogen and oxygen atoms in total. The predicted molar refractivity (Wildman–Crippen MR) is 94.3 cm³/mol. The highest BCUT2D eigenvalue weighted by atomic mass is 16.5. The van der Waals surface area contributed by atoms with Gasteiger partial charge in [-0.05, 0) is 25.8 Å². The zero-order valence-corrected chi connectivity index (χ0v) is 14.9. The van der Waals surface area contributed by atoms with Crippen molar-refractivity contribution in [2.24, 2.45) is 5.92 Å². The number of hydrogen-bond acceptors (Lipinski definition) is 4. The number of carboxylic acid groups (broad SMARTS) is 1. The maximum absolute atomic E-state index is 13.0. The highest BCUT2D eigenvalue weighted by Crippen LogP contribution is 2.35. The number of aromatic nitrogens is 2. The van der Waals surface area contributed by atoms with Crippen LogP contribution in [0.15, 0.2) is 42.7 Å². The second-order valence-corrected chi connectivity index (χ2v) is 6.54. The highest BCUT2D eigenvalue weighted by molar-refractivity contribution is 5.89. The first-order valence-electron chi connectivity index (χ1n) is 8.71. The summed E-state index contributed by atoms with van der Waals surface area (Å²) in [5.41, 5.74) is -0.988. The lowest BCUT2D eigenvalue weighted by molar-refractivity contribution is -0.148. The zero-order valence-electron chi connectivity index (χ0n) is 14.9. The van der Waals surface area contributed by atoms with Crippen molar-refractivity contribution >= 4 is 11.9 Å². The van der Waals surface area contributed by atoms with Crippen LogP contribution in [0.5, 0.6) is 0 Å². The average Bonchev–Trinajstić information content (AvgIpc) is 3.30. The van der Waals surface area contributed by atoms with Crippen LogP contribution in [-0.2, 0) is 26.4 Å². The summed E-state index contributed by atoms with van der Waals surface area (Å²) in [7, 11) is 0. The first kappa shape index (κ1) is 18.1. The molecule has 3 rings (SSSR count). The summed E-state index contributed by atoms with van der Waals surface area (Å²) in [6, 6.07) is 8.70. The fraction of sp³-hybridized carbons (Fsp3) is 0.421. The summed E-state index contributed by atoms with van der Waals surface area (Å²) in [6.07, 6.45) is 3.58. The van der Waals surface area contributed by atoms with E-state index in [4.69, 9.17) is 4.74 Å². The van der Waals surface area contributed by atoms with Crippen LogP contribution in [0.3, 0.4) is 0 Å². The van der Waals surface area contributed by atoms with E-state index in [1.54, 1.807) is 36.5 Å². The largest absolute Gasteiger partial charge is 0.479 e. The van der Waals surface area contributed by atoms with Gasteiger partial charge in [0.15, 0.2) is 5.54 Å². The number of benzene rings is 1. The fourth-order valence-electron chi connectivity index (χ4n) is 3.32. The molecule has 1 saturated heterocycles.